The highest BCUT2D eigenvalue weighted by Gasteiger charge is 2.38. The summed E-state index contributed by atoms with van der Waals surface area (Å²) < 4.78 is 21.6. The van der Waals surface area contributed by atoms with Crippen LogP contribution in [-0.2, 0) is 33.3 Å². The monoisotopic (exact) mass is 328 g/mol. The van der Waals surface area contributed by atoms with Crippen molar-refractivity contribution in [3.8, 4) is 0 Å². The van der Waals surface area contributed by atoms with Gasteiger partial charge in [0.05, 0.1) is 18.6 Å². The second-order valence-corrected chi connectivity index (χ2v) is 6.29. The molecule has 0 aromatic heterocycles. The molecule has 2 aliphatic heterocycles. The lowest BCUT2D eigenvalue weighted by atomic mass is 9.93. The van der Waals surface area contributed by atoms with Crippen molar-refractivity contribution in [3.05, 3.63) is 0 Å². The summed E-state index contributed by atoms with van der Waals surface area (Å²) in [5.41, 5.74) is 0. The average molecular weight is 328 g/mol. The summed E-state index contributed by atoms with van der Waals surface area (Å²) in [5.74, 6) is -0.966. The zero-order chi connectivity index (χ0) is 17.0. The summed E-state index contributed by atoms with van der Waals surface area (Å²) in [6.07, 6.45) is 1.37. The van der Waals surface area contributed by atoms with E-state index in [-0.39, 0.29) is 48.7 Å². The van der Waals surface area contributed by atoms with Crippen molar-refractivity contribution in [2.75, 3.05) is 0 Å². The summed E-state index contributed by atoms with van der Waals surface area (Å²) in [6, 6.07) is 0. The third-order valence-corrected chi connectivity index (χ3v) is 3.95. The van der Waals surface area contributed by atoms with E-state index in [0.717, 1.165) is 6.42 Å². The van der Waals surface area contributed by atoms with Crippen LogP contribution in [0.25, 0.3) is 0 Å². The number of ether oxygens (including phenoxy) is 4. The van der Waals surface area contributed by atoms with Gasteiger partial charge in [0.1, 0.15) is 18.3 Å². The molecule has 0 aromatic carbocycles. The van der Waals surface area contributed by atoms with Crippen LogP contribution in [-0.4, -0.2) is 48.4 Å². The molecule has 2 rings (SSSR count). The van der Waals surface area contributed by atoms with Crippen LogP contribution in [0.15, 0.2) is 0 Å². The third kappa shape index (κ3) is 5.82. The van der Waals surface area contributed by atoms with Crippen LogP contribution in [0.3, 0.4) is 0 Å². The largest absolute Gasteiger partial charge is 0.463 e. The quantitative estimate of drug-likeness (QED) is 0.539. The Morgan fingerprint density at radius 3 is 2.48 bits per heavy atom. The van der Waals surface area contributed by atoms with Gasteiger partial charge in [0.2, 0.25) is 0 Å². The fourth-order valence-electron chi connectivity index (χ4n) is 3.29. The molecule has 0 N–H and O–H groups in total. The first-order valence-corrected chi connectivity index (χ1v) is 8.01. The Bertz CT molecular complexity index is 445. The fraction of sp³-hybridized carbons (Fsp3) is 0.812. The molecule has 130 valence electrons. The Kier molecular flexibility index (Phi) is 5.98. The molecular formula is C16H24O7. The van der Waals surface area contributed by atoms with Crippen LogP contribution in [0.1, 0.15) is 52.9 Å². The Hall–Kier alpha value is -1.63. The highest BCUT2D eigenvalue weighted by atomic mass is 16.6. The Morgan fingerprint density at radius 2 is 1.87 bits per heavy atom. The first kappa shape index (κ1) is 17.7. The zero-order valence-corrected chi connectivity index (χ0v) is 13.8. The van der Waals surface area contributed by atoms with E-state index in [2.05, 4.69) is 0 Å². The van der Waals surface area contributed by atoms with Crippen molar-refractivity contribution in [1.82, 2.24) is 0 Å². The van der Waals surface area contributed by atoms with E-state index in [1.165, 1.54) is 13.8 Å². The molecule has 5 atom stereocenters. The van der Waals surface area contributed by atoms with Gasteiger partial charge in [0, 0.05) is 39.5 Å². The van der Waals surface area contributed by atoms with Crippen molar-refractivity contribution < 1.29 is 33.3 Å². The summed E-state index contributed by atoms with van der Waals surface area (Å²) in [5, 5.41) is 0. The molecule has 2 bridgehead atoms. The summed E-state index contributed by atoms with van der Waals surface area (Å²) >= 11 is 0. The molecule has 0 aromatic rings. The van der Waals surface area contributed by atoms with Gasteiger partial charge in [-0.3, -0.25) is 14.4 Å². The Labute approximate surface area is 135 Å². The van der Waals surface area contributed by atoms with Gasteiger partial charge >= 0.3 is 17.9 Å². The van der Waals surface area contributed by atoms with Gasteiger partial charge in [0.25, 0.3) is 0 Å². The van der Waals surface area contributed by atoms with Gasteiger partial charge in [-0.25, -0.2) is 0 Å². The molecule has 0 saturated carbocycles. The number of carbonyl (C=O) groups is 3. The van der Waals surface area contributed by atoms with Gasteiger partial charge in [-0.1, -0.05) is 0 Å². The molecular weight excluding hydrogens is 304 g/mol. The molecule has 0 spiro atoms. The van der Waals surface area contributed by atoms with E-state index in [0.29, 0.717) is 19.3 Å². The number of rotatable bonds is 6. The summed E-state index contributed by atoms with van der Waals surface area (Å²) in [4.78, 5) is 33.7. The lowest BCUT2D eigenvalue weighted by Crippen LogP contribution is -2.45. The van der Waals surface area contributed by atoms with Crippen LogP contribution in [0.5, 0.6) is 0 Å². The molecule has 23 heavy (non-hydrogen) atoms. The van der Waals surface area contributed by atoms with Crippen molar-refractivity contribution in [2.45, 2.75) is 83.4 Å². The molecule has 2 fully saturated rings. The Balaban J connectivity index is 1.90. The van der Waals surface area contributed by atoms with Crippen molar-refractivity contribution in [2.24, 2.45) is 0 Å². The smallest absolute Gasteiger partial charge is 0.308 e. The van der Waals surface area contributed by atoms with Crippen molar-refractivity contribution in [3.63, 3.8) is 0 Å². The lowest BCUT2D eigenvalue weighted by molar-refractivity contribution is -0.187. The standard InChI is InChI=1S/C16H24O7/c1-9(20-10(2)17)4-12(21-11(3)18)5-13-6-14-7-15(22-13)8-16(19)23-14/h9,12-15H,4-8H2,1-3H3. The van der Waals surface area contributed by atoms with Gasteiger partial charge in [0.15, 0.2) is 0 Å². The number of carbonyl (C=O) groups excluding carboxylic acids is 3. The molecule has 2 heterocycles. The topological polar surface area (TPSA) is 88.1 Å². The predicted octanol–water partition coefficient (Wildman–Crippen LogP) is 1.51. The normalized spacial score (nSPS) is 29.2. The highest BCUT2D eigenvalue weighted by Crippen LogP contribution is 2.31. The third-order valence-electron chi connectivity index (χ3n) is 3.95. The maximum Gasteiger partial charge on any atom is 0.308 e. The molecule has 0 radical (unpaired) electrons. The van der Waals surface area contributed by atoms with Crippen LogP contribution in [0.2, 0.25) is 0 Å². The average Bonchev–Trinajstić information content (AvgIpc) is 2.34. The van der Waals surface area contributed by atoms with E-state index < -0.39 is 6.10 Å². The number of hydrogen-bond acceptors (Lipinski definition) is 7. The maximum atomic E-state index is 11.4. The van der Waals surface area contributed by atoms with E-state index in [1.807, 2.05) is 0 Å². The first-order chi connectivity index (χ1) is 10.8. The summed E-state index contributed by atoms with van der Waals surface area (Å²) in [6.45, 7) is 4.45. The minimum absolute atomic E-state index is 0.121. The lowest BCUT2D eigenvalue weighted by Gasteiger charge is -2.39. The number of hydrogen-bond donors (Lipinski definition) is 0. The van der Waals surface area contributed by atoms with Crippen molar-refractivity contribution in [1.29, 1.82) is 0 Å². The van der Waals surface area contributed by atoms with E-state index in [4.69, 9.17) is 18.9 Å². The Morgan fingerprint density at radius 1 is 1.17 bits per heavy atom. The van der Waals surface area contributed by atoms with Gasteiger partial charge in [-0.15, -0.1) is 0 Å². The van der Waals surface area contributed by atoms with Gasteiger partial charge < -0.3 is 18.9 Å². The maximum absolute atomic E-state index is 11.4. The van der Waals surface area contributed by atoms with Gasteiger partial charge in [-0.05, 0) is 6.92 Å². The molecule has 0 amide bonds. The minimum Gasteiger partial charge on any atom is -0.463 e. The second kappa shape index (κ2) is 7.77. The van der Waals surface area contributed by atoms with Crippen LogP contribution >= 0.6 is 0 Å². The molecule has 2 saturated heterocycles. The molecule has 0 aliphatic carbocycles. The van der Waals surface area contributed by atoms with Crippen LogP contribution in [0.4, 0.5) is 0 Å². The van der Waals surface area contributed by atoms with Crippen LogP contribution < -0.4 is 0 Å². The minimum atomic E-state index is -0.402. The van der Waals surface area contributed by atoms with Crippen molar-refractivity contribution >= 4 is 17.9 Å². The van der Waals surface area contributed by atoms with E-state index >= 15 is 0 Å². The molecule has 5 unspecified atom stereocenters. The number of esters is 3. The highest BCUT2D eigenvalue weighted by molar-refractivity contribution is 5.71. The first-order valence-electron chi connectivity index (χ1n) is 8.01. The predicted molar refractivity (Wildman–Crippen MR) is 78.4 cm³/mol. The van der Waals surface area contributed by atoms with Crippen LogP contribution in [0, 0.1) is 0 Å². The van der Waals surface area contributed by atoms with E-state index in [1.54, 1.807) is 6.92 Å². The second-order valence-electron chi connectivity index (χ2n) is 6.29. The van der Waals surface area contributed by atoms with E-state index in [9.17, 15) is 14.4 Å². The molecule has 7 nitrogen and oxygen atoms in total. The molecule has 7 heteroatoms. The SMILES string of the molecule is CC(=O)OC(C)CC(CC1CC2CC(CC(=O)O2)O1)OC(C)=O. The molecule has 2 aliphatic rings. The fourth-order valence-corrected chi connectivity index (χ4v) is 3.29. The number of fused-ring (bicyclic) bond motifs is 2. The summed E-state index contributed by atoms with van der Waals surface area (Å²) in [7, 11) is 0. The van der Waals surface area contributed by atoms with Gasteiger partial charge in [-0.2, -0.15) is 0 Å². The zero-order valence-electron chi connectivity index (χ0n) is 13.8.